The summed E-state index contributed by atoms with van der Waals surface area (Å²) in [5.41, 5.74) is 2.27. The number of aliphatic hydroxyl groups excluding tert-OH is 1. The van der Waals surface area contributed by atoms with Crippen LogP contribution in [0.3, 0.4) is 0 Å². The van der Waals surface area contributed by atoms with Gasteiger partial charge < -0.3 is 9.84 Å². The first-order chi connectivity index (χ1) is 11.0. The molecule has 0 aliphatic heterocycles. The van der Waals surface area contributed by atoms with Crippen LogP contribution in [0, 0.1) is 34.5 Å². The van der Waals surface area contributed by atoms with Crippen LogP contribution >= 0.6 is 0 Å². The third kappa shape index (κ3) is 2.16. The number of rotatable bonds is 1. The molecule has 0 aromatic carbocycles. The van der Waals surface area contributed by atoms with Crippen LogP contribution in [0.4, 0.5) is 0 Å². The van der Waals surface area contributed by atoms with Gasteiger partial charge in [-0.25, -0.2) is 0 Å². The van der Waals surface area contributed by atoms with E-state index in [0.29, 0.717) is 5.41 Å². The largest absolute Gasteiger partial charge is 0.504 e. The summed E-state index contributed by atoms with van der Waals surface area (Å²) in [5.74, 6) is 3.23. The lowest BCUT2D eigenvalue weighted by atomic mass is 9.44. The van der Waals surface area contributed by atoms with E-state index in [2.05, 4.69) is 20.1 Å². The van der Waals surface area contributed by atoms with E-state index >= 15 is 0 Å². The molecule has 0 radical (unpaired) electrons. The number of ether oxygens (including phenoxy) is 1. The average Bonchev–Trinajstić information content (AvgIpc) is 2.83. The Hall–Kier alpha value is -0.500. The van der Waals surface area contributed by atoms with Crippen molar-refractivity contribution in [2.75, 3.05) is 7.11 Å². The van der Waals surface area contributed by atoms with Crippen molar-refractivity contribution in [2.24, 2.45) is 34.5 Å². The standard InChI is InChI=1S/C21H34O2/c1-20-11-4-5-14(13-23-3)16(20)7-6-15-17-8-9-19(22)21(17,2)12-10-18(15)20/h13,15-19,22H,4-12H2,1-3H3/b14-13+/t15-,16-,17-,18-,19-,20-,21-/m0/s1. The SMILES string of the molecule is CO/C=C1\CCC[C@@]2(C)[C@H]1CC[C@@H]1[C@@H]2CC[C@]2(C)[C@@H](O)CC[C@@H]12. The van der Waals surface area contributed by atoms with Crippen molar-refractivity contribution in [3.05, 3.63) is 11.8 Å². The van der Waals surface area contributed by atoms with Crippen LogP contribution in [0.1, 0.15) is 71.6 Å². The molecular weight excluding hydrogens is 284 g/mol. The van der Waals surface area contributed by atoms with Gasteiger partial charge in [0.25, 0.3) is 0 Å². The predicted octanol–water partition coefficient (Wildman–Crippen LogP) is 4.92. The monoisotopic (exact) mass is 318 g/mol. The van der Waals surface area contributed by atoms with Crippen molar-refractivity contribution in [3.63, 3.8) is 0 Å². The quantitative estimate of drug-likeness (QED) is 0.695. The van der Waals surface area contributed by atoms with Gasteiger partial charge in [-0.3, -0.25) is 0 Å². The van der Waals surface area contributed by atoms with E-state index in [4.69, 9.17) is 4.74 Å². The second kappa shape index (κ2) is 5.51. The zero-order valence-corrected chi connectivity index (χ0v) is 15.2. The van der Waals surface area contributed by atoms with Crippen LogP contribution in [0.2, 0.25) is 0 Å². The van der Waals surface area contributed by atoms with Crippen molar-refractivity contribution >= 4 is 0 Å². The molecule has 0 saturated heterocycles. The van der Waals surface area contributed by atoms with Crippen molar-refractivity contribution in [1.29, 1.82) is 0 Å². The second-order valence-electron chi connectivity index (χ2n) is 9.43. The fourth-order valence-electron chi connectivity index (χ4n) is 7.54. The Morgan fingerprint density at radius 2 is 1.78 bits per heavy atom. The minimum atomic E-state index is -0.0470. The molecule has 130 valence electrons. The fraction of sp³-hybridized carbons (Fsp3) is 0.905. The van der Waals surface area contributed by atoms with E-state index in [1.807, 2.05) is 0 Å². The van der Waals surface area contributed by atoms with Crippen LogP contribution in [0.25, 0.3) is 0 Å². The normalized spacial score (nSPS) is 54.3. The Labute approximate surface area is 141 Å². The summed E-state index contributed by atoms with van der Waals surface area (Å²) in [6, 6.07) is 0. The molecule has 2 nitrogen and oxygen atoms in total. The number of aliphatic hydroxyl groups is 1. The van der Waals surface area contributed by atoms with E-state index in [9.17, 15) is 5.11 Å². The molecule has 2 heteroatoms. The summed E-state index contributed by atoms with van der Waals surface area (Å²) < 4.78 is 5.42. The number of methoxy groups -OCH3 is 1. The fourth-order valence-corrected chi connectivity index (χ4v) is 7.54. The van der Waals surface area contributed by atoms with Crippen molar-refractivity contribution in [1.82, 2.24) is 0 Å². The first-order valence-corrected chi connectivity index (χ1v) is 9.90. The van der Waals surface area contributed by atoms with Gasteiger partial charge in [0.15, 0.2) is 0 Å². The zero-order valence-electron chi connectivity index (χ0n) is 15.2. The second-order valence-corrected chi connectivity index (χ2v) is 9.43. The molecule has 0 spiro atoms. The maximum atomic E-state index is 10.6. The van der Waals surface area contributed by atoms with Crippen molar-refractivity contribution < 1.29 is 9.84 Å². The van der Waals surface area contributed by atoms with Crippen LogP contribution in [-0.2, 0) is 4.74 Å². The smallest absolute Gasteiger partial charge is 0.0819 e. The highest BCUT2D eigenvalue weighted by Crippen LogP contribution is 2.66. The van der Waals surface area contributed by atoms with Crippen LogP contribution < -0.4 is 0 Å². The highest BCUT2D eigenvalue weighted by molar-refractivity contribution is 5.18. The van der Waals surface area contributed by atoms with Gasteiger partial charge in [0.1, 0.15) is 0 Å². The molecule has 0 aromatic rings. The molecule has 4 rings (SSSR count). The molecule has 0 unspecified atom stereocenters. The van der Waals surface area contributed by atoms with Gasteiger partial charge in [-0.1, -0.05) is 13.8 Å². The van der Waals surface area contributed by atoms with Gasteiger partial charge in [0.05, 0.1) is 19.5 Å². The van der Waals surface area contributed by atoms with E-state index in [-0.39, 0.29) is 11.5 Å². The van der Waals surface area contributed by atoms with Gasteiger partial charge in [-0.2, -0.15) is 0 Å². The van der Waals surface area contributed by atoms with E-state index in [1.54, 1.807) is 12.7 Å². The highest BCUT2D eigenvalue weighted by atomic mass is 16.5. The van der Waals surface area contributed by atoms with Crippen LogP contribution in [0.15, 0.2) is 11.8 Å². The lowest BCUT2D eigenvalue weighted by Gasteiger charge is -2.60. The summed E-state index contributed by atoms with van der Waals surface area (Å²) >= 11 is 0. The average molecular weight is 319 g/mol. The summed E-state index contributed by atoms with van der Waals surface area (Å²) in [7, 11) is 1.80. The van der Waals surface area contributed by atoms with Gasteiger partial charge in [0, 0.05) is 0 Å². The van der Waals surface area contributed by atoms with Gasteiger partial charge in [-0.15, -0.1) is 0 Å². The highest BCUT2D eigenvalue weighted by Gasteiger charge is 2.60. The van der Waals surface area contributed by atoms with Gasteiger partial charge in [0.2, 0.25) is 0 Å². The number of fused-ring (bicyclic) bond motifs is 5. The molecule has 0 bridgehead atoms. The third-order valence-electron chi connectivity index (χ3n) is 8.72. The van der Waals surface area contributed by atoms with Crippen LogP contribution in [-0.4, -0.2) is 18.3 Å². The third-order valence-corrected chi connectivity index (χ3v) is 8.72. The lowest BCUT2D eigenvalue weighted by Crippen LogP contribution is -2.53. The Balaban J connectivity index is 1.65. The summed E-state index contributed by atoms with van der Waals surface area (Å²) in [5, 5.41) is 10.6. The molecule has 4 fully saturated rings. The molecule has 4 saturated carbocycles. The Morgan fingerprint density at radius 3 is 2.57 bits per heavy atom. The topological polar surface area (TPSA) is 29.5 Å². The lowest BCUT2D eigenvalue weighted by molar-refractivity contribution is -0.110. The maximum Gasteiger partial charge on any atom is 0.0819 e. The minimum Gasteiger partial charge on any atom is -0.504 e. The molecular formula is C21H34O2. The molecule has 0 heterocycles. The first-order valence-electron chi connectivity index (χ1n) is 9.90. The molecule has 0 aromatic heterocycles. The predicted molar refractivity (Wildman–Crippen MR) is 92.8 cm³/mol. The number of hydrogen-bond acceptors (Lipinski definition) is 2. The Bertz CT molecular complexity index is 498. The van der Waals surface area contributed by atoms with E-state index < -0.39 is 0 Å². The molecule has 1 N–H and O–H groups in total. The summed E-state index contributed by atoms with van der Waals surface area (Å²) in [6.45, 7) is 4.97. The molecule has 23 heavy (non-hydrogen) atoms. The summed E-state index contributed by atoms with van der Waals surface area (Å²) in [6.07, 6.45) is 13.6. The minimum absolute atomic E-state index is 0.0470. The van der Waals surface area contributed by atoms with Crippen LogP contribution in [0.5, 0.6) is 0 Å². The number of hydrogen-bond donors (Lipinski definition) is 1. The molecule has 4 aliphatic carbocycles. The summed E-state index contributed by atoms with van der Waals surface area (Å²) in [4.78, 5) is 0. The Kier molecular flexibility index (Phi) is 3.83. The Morgan fingerprint density at radius 1 is 1.00 bits per heavy atom. The van der Waals surface area contributed by atoms with Gasteiger partial charge in [-0.05, 0) is 97.9 Å². The number of allylic oxidation sites excluding steroid dienone is 1. The molecule has 4 aliphatic rings. The van der Waals surface area contributed by atoms with E-state index in [0.717, 1.165) is 30.1 Å². The van der Waals surface area contributed by atoms with E-state index in [1.165, 1.54) is 51.4 Å². The molecule has 7 atom stereocenters. The van der Waals surface area contributed by atoms with Gasteiger partial charge >= 0.3 is 0 Å². The zero-order chi connectivity index (χ0) is 16.2. The van der Waals surface area contributed by atoms with Crippen molar-refractivity contribution in [2.45, 2.75) is 77.7 Å². The first kappa shape index (κ1) is 16.0. The molecule has 0 amide bonds. The maximum absolute atomic E-state index is 10.6. The van der Waals surface area contributed by atoms with Crippen molar-refractivity contribution in [3.8, 4) is 0 Å².